The molecule has 106 valence electrons. The summed E-state index contributed by atoms with van der Waals surface area (Å²) in [6.45, 7) is 1.38. The normalized spacial score (nSPS) is 10.4. The van der Waals surface area contributed by atoms with Gasteiger partial charge in [-0.05, 0) is 32.1 Å². The van der Waals surface area contributed by atoms with Crippen LogP contribution in [-0.4, -0.2) is 29.3 Å². The quantitative estimate of drug-likeness (QED) is 0.751. The number of carbonyl (C=O) groups is 1. The van der Waals surface area contributed by atoms with Crippen LogP contribution in [0.25, 0.3) is 5.69 Å². The third kappa shape index (κ3) is 4.20. The van der Waals surface area contributed by atoms with Crippen LogP contribution >= 0.6 is 0 Å². The highest BCUT2D eigenvalue weighted by Crippen LogP contribution is 2.07. The molecule has 0 saturated heterocycles. The second-order valence-corrected chi connectivity index (χ2v) is 4.61. The van der Waals surface area contributed by atoms with Gasteiger partial charge >= 0.3 is 0 Å². The Hall–Kier alpha value is -2.14. The molecule has 0 atom stereocenters. The van der Waals surface area contributed by atoms with Crippen LogP contribution in [0.5, 0.6) is 0 Å². The number of nitrogens with one attached hydrogen (secondary N) is 2. The van der Waals surface area contributed by atoms with Crippen LogP contribution in [0.3, 0.4) is 0 Å². The first-order valence-electron chi connectivity index (χ1n) is 6.80. The van der Waals surface area contributed by atoms with Crippen molar-refractivity contribution in [2.75, 3.05) is 13.6 Å². The maximum atomic E-state index is 11.6. The number of amides is 1. The Labute approximate surface area is 119 Å². The molecular formula is C15H20N4O. The molecule has 0 saturated carbocycles. The van der Waals surface area contributed by atoms with Crippen molar-refractivity contribution in [2.24, 2.45) is 0 Å². The molecule has 0 spiro atoms. The van der Waals surface area contributed by atoms with Crippen molar-refractivity contribution in [1.29, 1.82) is 0 Å². The van der Waals surface area contributed by atoms with Gasteiger partial charge in [0.1, 0.15) is 0 Å². The van der Waals surface area contributed by atoms with Gasteiger partial charge in [0.2, 0.25) is 5.91 Å². The SMILES string of the molecule is CNCCCC(=O)NCc1cnn(-c2ccccc2)c1. The maximum Gasteiger partial charge on any atom is 0.220 e. The highest BCUT2D eigenvalue weighted by Gasteiger charge is 2.03. The summed E-state index contributed by atoms with van der Waals surface area (Å²) < 4.78 is 1.81. The van der Waals surface area contributed by atoms with Crippen LogP contribution in [0, 0.1) is 0 Å². The summed E-state index contributed by atoms with van der Waals surface area (Å²) >= 11 is 0. The Morgan fingerprint density at radius 1 is 1.30 bits per heavy atom. The third-order valence-corrected chi connectivity index (χ3v) is 2.98. The molecule has 0 aliphatic carbocycles. The lowest BCUT2D eigenvalue weighted by molar-refractivity contribution is -0.121. The van der Waals surface area contributed by atoms with Gasteiger partial charge in [-0.15, -0.1) is 0 Å². The van der Waals surface area contributed by atoms with Crippen LogP contribution in [0.1, 0.15) is 18.4 Å². The Morgan fingerprint density at radius 3 is 2.85 bits per heavy atom. The van der Waals surface area contributed by atoms with E-state index in [1.165, 1.54) is 0 Å². The minimum atomic E-state index is 0.0766. The molecule has 1 heterocycles. The smallest absolute Gasteiger partial charge is 0.220 e. The number of benzene rings is 1. The Balaban J connectivity index is 1.83. The monoisotopic (exact) mass is 272 g/mol. The number of nitrogens with zero attached hydrogens (tertiary/aromatic N) is 2. The molecule has 2 rings (SSSR count). The van der Waals surface area contributed by atoms with Crippen molar-refractivity contribution >= 4 is 5.91 Å². The highest BCUT2D eigenvalue weighted by molar-refractivity contribution is 5.75. The van der Waals surface area contributed by atoms with E-state index >= 15 is 0 Å². The van der Waals surface area contributed by atoms with Crippen molar-refractivity contribution in [1.82, 2.24) is 20.4 Å². The molecule has 1 aromatic carbocycles. The molecule has 2 N–H and O–H groups in total. The number of hydrogen-bond acceptors (Lipinski definition) is 3. The first kappa shape index (κ1) is 14.3. The molecule has 0 fully saturated rings. The number of para-hydroxylation sites is 1. The molecule has 1 aromatic heterocycles. The van der Waals surface area contributed by atoms with Crippen LogP contribution < -0.4 is 10.6 Å². The number of carbonyl (C=O) groups excluding carboxylic acids is 1. The molecule has 0 aliphatic rings. The fourth-order valence-electron chi connectivity index (χ4n) is 1.89. The van der Waals surface area contributed by atoms with Gasteiger partial charge in [-0.25, -0.2) is 4.68 Å². The first-order chi connectivity index (χ1) is 9.79. The zero-order chi connectivity index (χ0) is 14.2. The Bertz CT molecular complexity index is 536. The lowest BCUT2D eigenvalue weighted by atomic mass is 10.3. The predicted octanol–water partition coefficient (Wildman–Crippen LogP) is 1.49. The van der Waals surface area contributed by atoms with Gasteiger partial charge in [0.15, 0.2) is 0 Å². The van der Waals surface area contributed by atoms with E-state index in [9.17, 15) is 4.79 Å². The summed E-state index contributed by atoms with van der Waals surface area (Å²) in [7, 11) is 1.88. The molecule has 0 bridgehead atoms. The summed E-state index contributed by atoms with van der Waals surface area (Å²) in [5.41, 5.74) is 2.01. The zero-order valence-electron chi connectivity index (χ0n) is 11.7. The second-order valence-electron chi connectivity index (χ2n) is 4.61. The number of hydrogen-bond donors (Lipinski definition) is 2. The van der Waals surface area contributed by atoms with Crippen molar-refractivity contribution in [2.45, 2.75) is 19.4 Å². The van der Waals surface area contributed by atoms with Crippen molar-refractivity contribution in [3.63, 3.8) is 0 Å². The lowest BCUT2D eigenvalue weighted by Crippen LogP contribution is -2.23. The Kier molecular flexibility index (Phi) is 5.32. The van der Waals surface area contributed by atoms with Gasteiger partial charge in [0.25, 0.3) is 0 Å². The van der Waals surface area contributed by atoms with E-state index in [0.717, 1.165) is 24.2 Å². The van der Waals surface area contributed by atoms with Gasteiger partial charge in [0, 0.05) is 24.7 Å². The highest BCUT2D eigenvalue weighted by atomic mass is 16.1. The van der Waals surface area contributed by atoms with Gasteiger partial charge in [-0.1, -0.05) is 18.2 Å². The molecule has 0 radical (unpaired) electrons. The van der Waals surface area contributed by atoms with E-state index in [-0.39, 0.29) is 5.91 Å². The van der Waals surface area contributed by atoms with Crippen molar-refractivity contribution in [3.05, 3.63) is 48.3 Å². The van der Waals surface area contributed by atoms with E-state index in [1.54, 1.807) is 6.20 Å². The largest absolute Gasteiger partial charge is 0.352 e. The molecule has 0 aliphatic heterocycles. The van der Waals surface area contributed by atoms with Gasteiger partial charge in [-0.2, -0.15) is 5.10 Å². The predicted molar refractivity (Wildman–Crippen MR) is 78.6 cm³/mol. The van der Waals surface area contributed by atoms with Crippen LogP contribution in [0.2, 0.25) is 0 Å². The first-order valence-corrected chi connectivity index (χ1v) is 6.80. The van der Waals surface area contributed by atoms with E-state index in [1.807, 2.05) is 48.3 Å². The van der Waals surface area contributed by atoms with E-state index in [0.29, 0.717) is 13.0 Å². The van der Waals surface area contributed by atoms with Crippen LogP contribution in [0.15, 0.2) is 42.7 Å². The summed E-state index contributed by atoms with van der Waals surface area (Å²) in [6.07, 6.45) is 5.11. The number of rotatable bonds is 7. The van der Waals surface area contributed by atoms with Gasteiger partial charge in [-0.3, -0.25) is 4.79 Å². The lowest BCUT2D eigenvalue weighted by Gasteiger charge is -2.03. The summed E-state index contributed by atoms with van der Waals surface area (Å²) in [4.78, 5) is 11.6. The molecule has 5 heteroatoms. The van der Waals surface area contributed by atoms with Crippen molar-refractivity contribution in [3.8, 4) is 5.69 Å². The van der Waals surface area contributed by atoms with E-state index in [4.69, 9.17) is 0 Å². The topological polar surface area (TPSA) is 59.0 Å². The number of aromatic nitrogens is 2. The minimum Gasteiger partial charge on any atom is -0.352 e. The van der Waals surface area contributed by atoms with Crippen molar-refractivity contribution < 1.29 is 4.79 Å². The summed E-state index contributed by atoms with van der Waals surface area (Å²) in [5, 5.41) is 10.2. The van der Waals surface area contributed by atoms with Gasteiger partial charge < -0.3 is 10.6 Å². The summed E-state index contributed by atoms with van der Waals surface area (Å²) in [6, 6.07) is 9.90. The molecule has 1 amide bonds. The van der Waals surface area contributed by atoms with Crippen LogP contribution in [-0.2, 0) is 11.3 Å². The molecular weight excluding hydrogens is 252 g/mol. The minimum absolute atomic E-state index is 0.0766. The average Bonchev–Trinajstić information content (AvgIpc) is 2.95. The summed E-state index contributed by atoms with van der Waals surface area (Å²) in [5.74, 6) is 0.0766. The zero-order valence-corrected chi connectivity index (χ0v) is 11.7. The standard InChI is InChI=1S/C15H20N4O/c1-16-9-5-8-15(20)17-10-13-11-18-19(12-13)14-6-3-2-4-7-14/h2-4,6-7,11-12,16H,5,8-10H2,1H3,(H,17,20). The molecule has 20 heavy (non-hydrogen) atoms. The third-order valence-electron chi connectivity index (χ3n) is 2.98. The van der Waals surface area contributed by atoms with Crippen LogP contribution in [0.4, 0.5) is 0 Å². The molecule has 5 nitrogen and oxygen atoms in total. The average molecular weight is 272 g/mol. The maximum absolute atomic E-state index is 11.6. The second kappa shape index (κ2) is 7.45. The van der Waals surface area contributed by atoms with E-state index in [2.05, 4.69) is 15.7 Å². The Morgan fingerprint density at radius 2 is 2.10 bits per heavy atom. The van der Waals surface area contributed by atoms with Gasteiger partial charge in [0.05, 0.1) is 11.9 Å². The molecule has 0 unspecified atom stereocenters. The molecule has 2 aromatic rings. The van der Waals surface area contributed by atoms with E-state index < -0.39 is 0 Å². The fraction of sp³-hybridized carbons (Fsp3) is 0.333. The fourth-order valence-corrected chi connectivity index (χ4v) is 1.89.